The van der Waals surface area contributed by atoms with Gasteiger partial charge in [0.2, 0.25) is 5.88 Å². The fourth-order valence-corrected chi connectivity index (χ4v) is 7.82. The van der Waals surface area contributed by atoms with Gasteiger partial charge in [0.1, 0.15) is 40.2 Å². The fourth-order valence-electron chi connectivity index (χ4n) is 7.82. The number of alkyl halides is 4. The second-order valence-electron chi connectivity index (χ2n) is 13.6. The molecule has 2 aromatic carbocycles. The van der Waals surface area contributed by atoms with Crippen molar-refractivity contribution in [2.45, 2.75) is 76.9 Å². The lowest BCUT2D eigenvalue weighted by molar-refractivity contribution is -0.190. The monoisotopic (exact) mass is 758 g/mol. The minimum absolute atomic E-state index is 0.00404. The third-order valence-electron chi connectivity index (χ3n) is 10.1. The predicted molar refractivity (Wildman–Crippen MR) is 190 cm³/mol. The summed E-state index contributed by atoms with van der Waals surface area (Å²) in [6.45, 7) is 6.55. The highest BCUT2D eigenvalue weighted by molar-refractivity contribution is 6.04. The molecule has 0 radical (unpaired) electrons. The molecule has 0 spiro atoms. The van der Waals surface area contributed by atoms with Crippen molar-refractivity contribution in [1.82, 2.24) is 24.8 Å². The van der Waals surface area contributed by atoms with Crippen LogP contribution in [0, 0.1) is 24.0 Å². The molecule has 4 aromatic rings. The fraction of sp³-hybridized carbons (Fsp3) is 0.474. The van der Waals surface area contributed by atoms with Gasteiger partial charge in [0.25, 0.3) is 0 Å². The maximum absolute atomic E-state index is 16.7. The number of hydrogen-bond donors (Lipinski definition) is 1. The summed E-state index contributed by atoms with van der Waals surface area (Å²) in [4.78, 5) is 30.1. The lowest BCUT2D eigenvalue weighted by Gasteiger charge is -2.46. The summed E-state index contributed by atoms with van der Waals surface area (Å²) < 4.78 is 95.5. The highest BCUT2D eigenvalue weighted by atomic mass is 19.4. The zero-order valence-electron chi connectivity index (χ0n) is 30.2. The molecule has 16 heteroatoms. The van der Waals surface area contributed by atoms with Gasteiger partial charge >= 0.3 is 18.1 Å². The van der Waals surface area contributed by atoms with Crippen LogP contribution in [0.2, 0.25) is 0 Å². The van der Waals surface area contributed by atoms with E-state index in [9.17, 15) is 31.9 Å². The topological polar surface area (TPSA) is 104 Å². The summed E-state index contributed by atoms with van der Waals surface area (Å²) >= 11 is 0. The summed E-state index contributed by atoms with van der Waals surface area (Å²) in [6, 6.07) is 3.64. The molecule has 3 aliphatic heterocycles. The number of aromatic nitrogens is 3. The number of methoxy groups -OCH3 is 1. The van der Waals surface area contributed by atoms with Gasteiger partial charge in [-0.1, -0.05) is 18.9 Å². The number of carbonyl (C=O) groups is 1. The van der Waals surface area contributed by atoms with Crippen LogP contribution < -0.4 is 14.4 Å². The van der Waals surface area contributed by atoms with Crippen molar-refractivity contribution in [1.29, 1.82) is 0 Å². The molecule has 0 saturated carbocycles. The number of nitrogens with zero attached hydrogens (tertiary/aromatic N) is 6. The molecule has 0 bridgehead atoms. The van der Waals surface area contributed by atoms with Gasteiger partial charge in [-0.2, -0.15) is 23.1 Å². The van der Waals surface area contributed by atoms with Crippen LogP contribution in [0.3, 0.4) is 0 Å². The number of phenols is 1. The second-order valence-corrected chi connectivity index (χ2v) is 13.6. The smallest absolute Gasteiger partial charge is 0.471 e. The van der Waals surface area contributed by atoms with E-state index < -0.39 is 42.0 Å². The lowest BCUT2D eigenvalue weighted by Crippen LogP contribution is -2.62. The predicted octanol–water partition coefficient (Wildman–Crippen LogP) is 6.79. The quantitative estimate of drug-likeness (QED) is 0.168. The Kier molecular flexibility index (Phi) is 11.0. The Hall–Kier alpha value is -5.04. The van der Waals surface area contributed by atoms with E-state index in [1.807, 2.05) is 0 Å². The van der Waals surface area contributed by atoms with Crippen LogP contribution in [0.4, 0.5) is 32.2 Å². The van der Waals surface area contributed by atoms with Crippen LogP contribution in [-0.2, 0) is 4.79 Å². The Morgan fingerprint density at radius 2 is 1.85 bits per heavy atom. The van der Waals surface area contributed by atoms with Crippen molar-refractivity contribution < 1.29 is 45.7 Å². The minimum atomic E-state index is -5.06. The number of aromatic hydroxyl groups is 1. The number of benzene rings is 2. The minimum Gasteiger partial charge on any atom is -0.508 e. The Morgan fingerprint density at radius 1 is 1.09 bits per heavy atom. The van der Waals surface area contributed by atoms with Gasteiger partial charge in [-0.3, -0.25) is 9.69 Å². The van der Waals surface area contributed by atoms with Crippen LogP contribution >= 0.6 is 0 Å². The van der Waals surface area contributed by atoms with E-state index in [1.165, 1.54) is 45.1 Å². The molecule has 7 rings (SSSR count). The molecule has 2 aromatic heterocycles. The van der Waals surface area contributed by atoms with E-state index in [0.29, 0.717) is 18.0 Å². The Labute approximate surface area is 308 Å². The van der Waals surface area contributed by atoms with Gasteiger partial charge in [-0.05, 0) is 69.7 Å². The average molecular weight is 759 g/mol. The van der Waals surface area contributed by atoms with Gasteiger partial charge in [0.15, 0.2) is 5.82 Å². The molecule has 54 heavy (non-hydrogen) atoms. The molecule has 3 saturated heterocycles. The molecule has 5 heterocycles. The van der Waals surface area contributed by atoms with Gasteiger partial charge < -0.3 is 24.4 Å². The molecule has 10 nitrogen and oxygen atoms in total. The number of piperazine rings is 1. The van der Waals surface area contributed by atoms with Gasteiger partial charge in [-0.15, -0.1) is 6.42 Å². The molecule has 0 aliphatic carbocycles. The molecule has 3 fully saturated rings. The zero-order valence-corrected chi connectivity index (χ0v) is 30.2. The summed E-state index contributed by atoms with van der Waals surface area (Å²) in [7, 11) is 1.26. The normalized spacial score (nSPS) is 21.5. The first kappa shape index (κ1) is 38.7. The molecule has 1 N–H and O–H groups in total. The molecule has 3 aliphatic rings. The number of carbonyl (C=O) groups excluding carboxylic acids is 1. The SMILES string of the molecule is C#Cc1c(F)ccc2cc(O)cc(-c3nc(OCC)c4c(N5CC(C)N(C(=O)C(F)(F)F)C(CC)C5)nc(OC)nc4c3F)c12.FC1CC2CCCN2C1. The number of fused-ring (bicyclic) bond motifs is 3. The second kappa shape index (κ2) is 15.4. The third kappa shape index (κ3) is 7.25. The molecular weight excluding hydrogens is 718 g/mol. The van der Waals surface area contributed by atoms with Gasteiger partial charge in [0, 0.05) is 48.7 Å². The Balaban J connectivity index is 0.000000478. The maximum atomic E-state index is 16.7. The summed E-state index contributed by atoms with van der Waals surface area (Å²) in [5.74, 6) is -1.73. The molecule has 288 valence electrons. The lowest BCUT2D eigenvalue weighted by atomic mass is 9.95. The molecular formula is C38H40F6N6O4. The van der Waals surface area contributed by atoms with Crippen molar-refractivity contribution in [3.8, 4) is 41.2 Å². The van der Waals surface area contributed by atoms with Crippen molar-refractivity contribution in [2.75, 3.05) is 44.8 Å². The number of terminal acetylenes is 1. The van der Waals surface area contributed by atoms with Crippen molar-refractivity contribution in [3.05, 3.63) is 41.5 Å². The van der Waals surface area contributed by atoms with Crippen LogP contribution in [0.1, 0.15) is 52.0 Å². The van der Waals surface area contributed by atoms with Crippen LogP contribution in [0.15, 0.2) is 24.3 Å². The first-order valence-corrected chi connectivity index (χ1v) is 17.7. The number of hydrogen-bond acceptors (Lipinski definition) is 9. The average Bonchev–Trinajstić information content (AvgIpc) is 3.72. The van der Waals surface area contributed by atoms with E-state index in [0.717, 1.165) is 23.9 Å². The first-order valence-electron chi connectivity index (χ1n) is 17.7. The van der Waals surface area contributed by atoms with Crippen molar-refractivity contribution in [3.63, 3.8) is 0 Å². The number of amides is 1. The number of phenolic OH excluding ortho intramolecular Hbond substituents is 1. The third-order valence-corrected chi connectivity index (χ3v) is 10.1. The maximum Gasteiger partial charge on any atom is 0.471 e. The Morgan fingerprint density at radius 3 is 2.50 bits per heavy atom. The van der Waals surface area contributed by atoms with E-state index in [1.54, 1.807) is 18.7 Å². The first-order chi connectivity index (χ1) is 25.7. The van der Waals surface area contributed by atoms with Gasteiger partial charge in [0.05, 0.1) is 19.3 Å². The summed E-state index contributed by atoms with van der Waals surface area (Å²) in [5, 5.41) is 10.9. The number of halogens is 6. The summed E-state index contributed by atoms with van der Waals surface area (Å²) in [5.41, 5.74) is -0.875. The van der Waals surface area contributed by atoms with Crippen LogP contribution in [0.25, 0.3) is 32.9 Å². The van der Waals surface area contributed by atoms with Crippen LogP contribution in [0.5, 0.6) is 17.6 Å². The Bertz CT molecular complexity index is 2100. The van der Waals surface area contributed by atoms with E-state index in [-0.39, 0.29) is 82.7 Å². The number of rotatable bonds is 6. The van der Waals surface area contributed by atoms with E-state index in [2.05, 4.69) is 25.8 Å². The summed E-state index contributed by atoms with van der Waals surface area (Å²) in [6.07, 6.45) is 3.56. The zero-order chi connectivity index (χ0) is 39.1. The largest absolute Gasteiger partial charge is 0.508 e. The van der Waals surface area contributed by atoms with Crippen molar-refractivity contribution in [2.24, 2.45) is 0 Å². The number of ether oxygens (including phenoxy) is 2. The van der Waals surface area contributed by atoms with E-state index in [4.69, 9.17) is 15.9 Å². The molecule has 1 amide bonds. The highest BCUT2D eigenvalue weighted by Gasteiger charge is 2.48. The van der Waals surface area contributed by atoms with Crippen LogP contribution in [-0.4, -0.2) is 106 Å². The highest BCUT2D eigenvalue weighted by Crippen LogP contribution is 2.43. The molecule has 4 unspecified atom stereocenters. The van der Waals surface area contributed by atoms with E-state index >= 15 is 4.39 Å². The standard InChI is InChI=1S/C31H28F5N5O4.C7H12FN/c1-6-17-14-40(13-15(4)41(17)29(43)31(34,35)36)27-23-26(38-30(39-27)44-5)24(33)25(37-28(23)45-8-3)20-12-18(42)11-16-9-10-21(32)19(7-2)22(16)20;8-6-4-7-2-1-3-9(7)5-6/h2,9-12,15,17,42H,6,8,13-14H2,1,3-5H3;6-7H,1-5H2. The molecule has 4 atom stereocenters. The van der Waals surface area contributed by atoms with Crippen molar-refractivity contribution >= 4 is 33.4 Å². The number of pyridine rings is 1. The van der Waals surface area contributed by atoms with Gasteiger partial charge in [-0.25, -0.2) is 18.2 Å². The number of anilines is 1.